The predicted molar refractivity (Wildman–Crippen MR) is 125 cm³/mol. The summed E-state index contributed by atoms with van der Waals surface area (Å²) >= 11 is 6.24. The maximum Gasteiger partial charge on any atom is 0.242 e. The number of carbonyl (C=O) groups is 2. The Hall–Kier alpha value is -2.90. The first-order valence-electron chi connectivity index (χ1n) is 10.9. The van der Waals surface area contributed by atoms with Crippen LogP contribution in [0.25, 0.3) is 11.0 Å². The van der Waals surface area contributed by atoms with Crippen molar-refractivity contribution in [1.29, 1.82) is 0 Å². The van der Waals surface area contributed by atoms with Crippen LogP contribution < -0.4 is 16.0 Å². The van der Waals surface area contributed by atoms with Gasteiger partial charge in [0.05, 0.1) is 11.1 Å². The molecule has 1 fully saturated rings. The zero-order valence-corrected chi connectivity index (χ0v) is 19.0. The molecule has 1 aliphatic rings. The second kappa shape index (κ2) is 9.71. The van der Waals surface area contributed by atoms with Gasteiger partial charge in [-0.25, -0.2) is 4.98 Å². The van der Waals surface area contributed by atoms with Crippen LogP contribution in [0.3, 0.4) is 0 Å². The van der Waals surface area contributed by atoms with Gasteiger partial charge in [0.25, 0.3) is 0 Å². The molecule has 1 saturated heterocycles. The summed E-state index contributed by atoms with van der Waals surface area (Å²) in [6.07, 6.45) is 5.23. The highest BCUT2D eigenvalue weighted by Crippen LogP contribution is 2.24. The number of hydrogen-bond donors (Lipinski definition) is 3. The minimum Gasteiger partial charge on any atom is -0.350 e. The molecule has 2 unspecified atom stereocenters. The molecule has 32 heavy (non-hydrogen) atoms. The molecule has 0 saturated carbocycles. The Labute approximate surface area is 192 Å². The number of rotatable bonds is 7. The Morgan fingerprint density at radius 3 is 2.84 bits per heavy atom. The van der Waals surface area contributed by atoms with Crippen LogP contribution in [0.5, 0.6) is 0 Å². The Bertz CT molecular complexity index is 1110. The molecule has 3 aromatic rings. The van der Waals surface area contributed by atoms with Crippen LogP contribution >= 0.6 is 11.6 Å². The van der Waals surface area contributed by atoms with Crippen LogP contribution in [0.1, 0.15) is 24.5 Å². The third-order valence-corrected chi connectivity index (χ3v) is 6.25. The van der Waals surface area contributed by atoms with Crippen LogP contribution in [-0.4, -0.2) is 40.0 Å². The van der Waals surface area contributed by atoms with Gasteiger partial charge in [0, 0.05) is 31.4 Å². The molecular formula is C24H28ClN5O2. The molecule has 8 heteroatoms. The van der Waals surface area contributed by atoms with Gasteiger partial charge >= 0.3 is 0 Å². The van der Waals surface area contributed by atoms with Crippen molar-refractivity contribution in [3.05, 3.63) is 64.9 Å². The van der Waals surface area contributed by atoms with E-state index in [0.717, 1.165) is 36.0 Å². The van der Waals surface area contributed by atoms with E-state index in [4.69, 9.17) is 11.6 Å². The summed E-state index contributed by atoms with van der Waals surface area (Å²) < 4.78 is 1.86. The van der Waals surface area contributed by atoms with E-state index < -0.39 is 6.04 Å². The molecule has 3 atom stereocenters. The predicted octanol–water partition coefficient (Wildman–Crippen LogP) is 2.57. The molecule has 3 heterocycles. The maximum atomic E-state index is 12.6. The van der Waals surface area contributed by atoms with Gasteiger partial charge in [-0.2, -0.15) is 0 Å². The lowest BCUT2D eigenvalue weighted by Crippen LogP contribution is -2.49. The van der Waals surface area contributed by atoms with Crippen LogP contribution in [-0.2, 0) is 29.6 Å². The third kappa shape index (κ3) is 5.11. The Balaban J connectivity index is 1.25. The van der Waals surface area contributed by atoms with E-state index in [9.17, 15) is 9.59 Å². The van der Waals surface area contributed by atoms with Crippen LogP contribution in [0.4, 0.5) is 0 Å². The summed E-state index contributed by atoms with van der Waals surface area (Å²) in [6.45, 7) is 2.80. The van der Waals surface area contributed by atoms with E-state index in [1.54, 1.807) is 19.3 Å². The largest absolute Gasteiger partial charge is 0.350 e. The van der Waals surface area contributed by atoms with E-state index in [0.29, 0.717) is 17.5 Å². The first-order valence-corrected chi connectivity index (χ1v) is 11.2. The van der Waals surface area contributed by atoms with Gasteiger partial charge in [-0.3, -0.25) is 9.59 Å². The topological polar surface area (TPSA) is 88.1 Å². The van der Waals surface area contributed by atoms with E-state index in [-0.39, 0.29) is 17.9 Å². The van der Waals surface area contributed by atoms with E-state index in [1.807, 2.05) is 35.9 Å². The van der Waals surface area contributed by atoms with Crippen LogP contribution in [0.2, 0.25) is 5.02 Å². The smallest absolute Gasteiger partial charge is 0.242 e. The van der Waals surface area contributed by atoms with Crippen molar-refractivity contribution in [3.63, 3.8) is 0 Å². The normalized spacial score (nSPS) is 19.1. The molecule has 4 rings (SSSR count). The number of halogens is 1. The summed E-state index contributed by atoms with van der Waals surface area (Å²) in [5.74, 6) is 0.0308. The fourth-order valence-corrected chi connectivity index (χ4v) is 4.47. The molecule has 3 N–H and O–H groups in total. The minimum absolute atomic E-state index is 0.137. The first-order chi connectivity index (χ1) is 15.4. The van der Waals surface area contributed by atoms with E-state index in [2.05, 4.69) is 33.1 Å². The number of hydrogen-bond acceptors (Lipinski definition) is 4. The number of aryl methyl sites for hydroxylation is 1. The molecule has 0 bridgehead atoms. The SMILES string of the molecule is C[C@H](NC(=O)C1CC(Cc2ccccc2)CN1)C(=O)NCc1cnc2c(c1)c(Cl)cn2C. The zero-order chi connectivity index (χ0) is 22.7. The summed E-state index contributed by atoms with van der Waals surface area (Å²) in [5, 5.41) is 10.5. The van der Waals surface area contributed by atoms with Crippen molar-refractivity contribution in [1.82, 2.24) is 25.5 Å². The Morgan fingerprint density at radius 2 is 2.06 bits per heavy atom. The summed E-state index contributed by atoms with van der Waals surface area (Å²) in [6, 6.07) is 11.3. The average Bonchev–Trinajstić information content (AvgIpc) is 3.37. The highest BCUT2D eigenvalue weighted by molar-refractivity contribution is 6.35. The van der Waals surface area contributed by atoms with Gasteiger partial charge in [0.1, 0.15) is 11.7 Å². The number of aromatic nitrogens is 2. The van der Waals surface area contributed by atoms with Gasteiger partial charge < -0.3 is 20.5 Å². The fourth-order valence-electron chi connectivity index (χ4n) is 4.19. The van der Waals surface area contributed by atoms with Crippen LogP contribution in [0.15, 0.2) is 48.8 Å². The van der Waals surface area contributed by atoms with Crippen molar-refractivity contribution in [3.8, 4) is 0 Å². The maximum absolute atomic E-state index is 12.6. The number of benzene rings is 1. The van der Waals surface area contributed by atoms with Crippen molar-refractivity contribution in [2.24, 2.45) is 13.0 Å². The lowest BCUT2D eigenvalue weighted by atomic mass is 9.96. The Kier molecular flexibility index (Phi) is 6.77. The highest BCUT2D eigenvalue weighted by Gasteiger charge is 2.30. The van der Waals surface area contributed by atoms with Gasteiger partial charge in [-0.05, 0) is 49.4 Å². The summed E-state index contributed by atoms with van der Waals surface area (Å²) in [7, 11) is 1.89. The van der Waals surface area contributed by atoms with Crippen molar-refractivity contribution in [2.45, 2.75) is 38.4 Å². The molecule has 7 nitrogen and oxygen atoms in total. The standard InChI is InChI=1S/C24H28ClN5O2/c1-15(23(31)28-13-18-9-19-20(25)14-30(2)22(19)27-12-18)29-24(32)21-10-17(11-26-21)8-16-6-4-3-5-7-16/h3-7,9,12,14-15,17,21,26H,8,10-11,13H2,1-2H3,(H,28,31)(H,29,32)/t15-,17?,21?/m0/s1. The molecule has 0 aliphatic carbocycles. The van der Waals surface area contributed by atoms with Crippen LogP contribution in [0, 0.1) is 5.92 Å². The molecule has 0 spiro atoms. The molecular weight excluding hydrogens is 426 g/mol. The van der Waals surface area contributed by atoms with Crippen molar-refractivity contribution >= 4 is 34.4 Å². The monoisotopic (exact) mass is 453 g/mol. The Morgan fingerprint density at radius 1 is 1.28 bits per heavy atom. The second-order valence-electron chi connectivity index (χ2n) is 8.50. The molecule has 168 valence electrons. The van der Waals surface area contributed by atoms with Gasteiger partial charge in [-0.1, -0.05) is 41.9 Å². The molecule has 2 amide bonds. The van der Waals surface area contributed by atoms with Gasteiger partial charge in [-0.15, -0.1) is 0 Å². The zero-order valence-electron chi connectivity index (χ0n) is 18.3. The van der Waals surface area contributed by atoms with Gasteiger partial charge in [0.2, 0.25) is 11.8 Å². The van der Waals surface area contributed by atoms with E-state index >= 15 is 0 Å². The number of nitrogens with zero attached hydrogens (tertiary/aromatic N) is 2. The summed E-state index contributed by atoms with van der Waals surface area (Å²) in [5.41, 5.74) is 2.91. The molecule has 1 aliphatic heterocycles. The van der Waals surface area contributed by atoms with Crippen molar-refractivity contribution in [2.75, 3.05) is 6.54 Å². The summed E-state index contributed by atoms with van der Waals surface area (Å²) in [4.78, 5) is 29.6. The quantitative estimate of drug-likeness (QED) is 0.513. The number of nitrogens with one attached hydrogen (secondary N) is 3. The number of fused-ring (bicyclic) bond motifs is 1. The minimum atomic E-state index is -0.630. The molecule has 2 aromatic heterocycles. The molecule has 1 aromatic carbocycles. The molecule has 0 radical (unpaired) electrons. The lowest BCUT2D eigenvalue weighted by Gasteiger charge is -2.17. The lowest BCUT2D eigenvalue weighted by molar-refractivity contribution is -0.129. The first kappa shape index (κ1) is 22.3. The van der Waals surface area contributed by atoms with Crippen molar-refractivity contribution < 1.29 is 9.59 Å². The average molecular weight is 454 g/mol. The third-order valence-electron chi connectivity index (χ3n) is 5.95. The van der Waals surface area contributed by atoms with E-state index in [1.165, 1.54) is 5.56 Å². The highest BCUT2D eigenvalue weighted by atomic mass is 35.5. The number of amides is 2. The second-order valence-corrected chi connectivity index (χ2v) is 8.91. The number of carbonyl (C=O) groups excluding carboxylic acids is 2. The van der Waals surface area contributed by atoms with Gasteiger partial charge in [0.15, 0.2) is 0 Å². The fraction of sp³-hybridized carbons (Fsp3) is 0.375. The number of pyridine rings is 1.